The molecular weight excluding hydrogens is 224 g/mol. The Labute approximate surface area is 99.8 Å². The van der Waals surface area contributed by atoms with E-state index in [-0.39, 0.29) is 5.54 Å². The molecule has 4 heteroatoms. The molecule has 0 amide bonds. The van der Waals surface area contributed by atoms with Gasteiger partial charge in [0.05, 0.1) is 6.61 Å². The number of rotatable bonds is 4. The molecular formula is C13H17F2NO. The smallest absolute Gasteiger partial charge is 0.162 e. The van der Waals surface area contributed by atoms with Crippen LogP contribution in [0.1, 0.15) is 32.1 Å². The first-order valence-corrected chi connectivity index (χ1v) is 5.96. The average Bonchev–Trinajstić information content (AvgIpc) is 2.71. The number of hydrogen-bond donors (Lipinski definition) is 1. The standard InChI is InChI=1S/C13H17F2NO/c14-11-4-3-10(9-12(11)15)17-8-7-13(16)5-1-2-6-13/h3-4,9H,1-2,5-8,16H2. The Kier molecular flexibility index (Phi) is 3.62. The van der Waals surface area contributed by atoms with Crippen molar-refractivity contribution < 1.29 is 13.5 Å². The zero-order valence-corrected chi connectivity index (χ0v) is 9.72. The lowest BCUT2D eigenvalue weighted by Crippen LogP contribution is -2.37. The normalized spacial score (nSPS) is 18.3. The highest BCUT2D eigenvalue weighted by Gasteiger charge is 2.28. The van der Waals surface area contributed by atoms with Crippen molar-refractivity contribution in [3.05, 3.63) is 29.8 Å². The highest BCUT2D eigenvalue weighted by molar-refractivity contribution is 5.23. The molecule has 0 saturated heterocycles. The molecule has 0 atom stereocenters. The van der Waals surface area contributed by atoms with Crippen LogP contribution in [0.5, 0.6) is 5.75 Å². The summed E-state index contributed by atoms with van der Waals surface area (Å²) in [6, 6.07) is 3.56. The van der Waals surface area contributed by atoms with E-state index in [0.717, 1.165) is 31.4 Å². The second kappa shape index (κ2) is 5.00. The van der Waals surface area contributed by atoms with Crippen molar-refractivity contribution in [1.29, 1.82) is 0 Å². The van der Waals surface area contributed by atoms with Gasteiger partial charge in [-0.25, -0.2) is 8.78 Å². The van der Waals surface area contributed by atoms with E-state index in [9.17, 15) is 8.78 Å². The minimum Gasteiger partial charge on any atom is -0.493 e. The van der Waals surface area contributed by atoms with Gasteiger partial charge in [-0.1, -0.05) is 12.8 Å². The van der Waals surface area contributed by atoms with E-state index in [1.165, 1.54) is 18.9 Å². The molecule has 0 bridgehead atoms. The molecule has 1 aliphatic rings. The van der Waals surface area contributed by atoms with E-state index in [2.05, 4.69) is 0 Å². The van der Waals surface area contributed by atoms with E-state index < -0.39 is 11.6 Å². The third-order valence-electron chi connectivity index (χ3n) is 3.36. The maximum atomic E-state index is 12.9. The zero-order chi connectivity index (χ0) is 12.3. The quantitative estimate of drug-likeness (QED) is 0.879. The van der Waals surface area contributed by atoms with Gasteiger partial charge in [-0.15, -0.1) is 0 Å². The van der Waals surface area contributed by atoms with Crippen molar-refractivity contribution in [3.8, 4) is 5.75 Å². The van der Waals surface area contributed by atoms with Crippen LogP contribution in [0.2, 0.25) is 0 Å². The van der Waals surface area contributed by atoms with Crippen LogP contribution < -0.4 is 10.5 Å². The van der Waals surface area contributed by atoms with Gasteiger partial charge in [-0.3, -0.25) is 0 Å². The Bertz CT molecular complexity index is 389. The number of hydrogen-bond acceptors (Lipinski definition) is 2. The number of nitrogens with two attached hydrogens (primary N) is 1. The van der Waals surface area contributed by atoms with Crippen LogP contribution in [0.4, 0.5) is 8.78 Å². The van der Waals surface area contributed by atoms with Gasteiger partial charge >= 0.3 is 0 Å². The molecule has 1 aromatic rings. The summed E-state index contributed by atoms with van der Waals surface area (Å²) >= 11 is 0. The molecule has 0 aliphatic heterocycles. The lowest BCUT2D eigenvalue weighted by atomic mass is 9.95. The molecule has 2 nitrogen and oxygen atoms in total. The Morgan fingerprint density at radius 3 is 2.53 bits per heavy atom. The van der Waals surface area contributed by atoms with E-state index in [4.69, 9.17) is 10.5 Å². The Morgan fingerprint density at radius 1 is 1.18 bits per heavy atom. The van der Waals surface area contributed by atoms with Crippen molar-refractivity contribution in [3.63, 3.8) is 0 Å². The summed E-state index contributed by atoms with van der Waals surface area (Å²) < 4.78 is 31.0. The van der Waals surface area contributed by atoms with Crippen LogP contribution >= 0.6 is 0 Å². The molecule has 17 heavy (non-hydrogen) atoms. The molecule has 1 saturated carbocycles. The molecule has 0 aromatic heterocycles. The van der Waals surface area contributed by atoms with Crippen LogP contribution in [0, 0.1) is 11.6 Å². The van der Waals surface area contributed by atoms with Crippen molar-refractivity contribution >= 4 is 0 Å². The number of ether oxygens (including phenoxy) is 1. The van der Waals surface area contributed by atoms with E-state index >= 15 is 0 Å². The highest BCUT2D eigenvalue weighted by atomic mass is 19.2. The predicted octanol–water partition coefficient (Wildman–Crippen LogP) is 3.01. The minimum atomic E-state index is -0.883. The summed E-state index contributed by atoms with van der Waals surface area (Å²) in [5.41, 5.74) is 6.04. The van der Waals surface area contributed by atoms with Crippen LogP contribution in [-0.2, 0) is 0 Å². The summed E-state index contributed by atoms with van der Waals surface area (Å²) in [6.45, 7) is 0.446. The predicted molar refractivity (Wildman–Crippen MR) is 61.9 cm³/mol. The molecule has 0 radical (unpaired) electrons. The molecule has 0 unspecified atom stereocenters. The van der Waals surface area contributed by atoms with E-state index in [1.807, 2.05) is 0 Å². The van der Waals surface area contributed by atoms with Crippen molar-refractivity contribution in [2.45, 2.75) is 37.6 Å². The largest absolute Gasteiger partial charge is 0.493 e. The number of benzene rings is 1. The SMILES string of the molecule is NC1(CCOc2ccc(F)c(F)c2)CCCC1. The third-order valence-corrected chi connectivity index (χ3v) is 3.36. The first-order chi connectivity index (χ1) is 8.09. The van der Waals surface area contributed by atoms with Crippen LogP contribution in [0.25, 0.3) is 0 Å². The van der Waals surface area contributed by atoms with Crippen LogP contribution in [-0.4, -0.2) is 12.1 Å². The average molecular weight is 241 g/mol. The summed E-state index contributed by atoms with van der Waals surface area (Å²) in [5, 5.41) is 0. The second-order valence-corrected chi connectivity index (χ2v) is 4.74. The lowest BCUT2D eigenvalue weighted by molar-refractivity contribution is 0.257. The Morgan fingerprint density at radius 2 is 1.88 bits per heavy atom. The molecule has 2 N–H and O–H groups in total. The zero-order valence-electron chi connectivity index (χ0n) is 9.72. The van der Waals surface area contributed by atoms with Gasteiger partial charge in [0.2, 0.25) is 0 Å². The first kappa shape index (κ1) is 12.3. The molecule has 1 fully saturated rings. The van der Waals surface area contributed by atoms with Gasteiger partial charge in [-0.05, 0) is 31.4 Å². The molecule has 0 spiro atoms. The molecule has 0 heterocycles. The maximum absolute atomic E-state index is 12.9. The van der Waals surface area contributed by atoms with Gasteiger partial charge in [0, 0.05) is 11.6 Å². The van der Waals surface area contributed by atoms with Crippen LogP contribution in [0.3, 0.4) is 0 Å². The van der Waals surface area contributed by atoms with Crippen LogP contribution in [0.15, 0.2) is 18.2 Å². The monoisotopic (exact) mass is 241 g/mol. The molecule has 1 aromatic carbocycles. The first-order valence-electron chi connectivity index (χ1n) is 5.96. The maximum Gasteiger partial charge on any atom is 0.162 e. The Balaban J connectivity index is 1.83. The van der Waals surface area contributed by atoms with Gasteiger partial charge < -0.3 is 10.5 Å². The lowest BCUT2D eigenvalue weighted by Gasteiger charge is -2.23. The fraction of sp³-hybridized carbons (Fsp3) is 0.538. The van der Waals surface area contributed by atoms with Crippen molar-refractivity contribution in [1.82, 2.24) is 0 Å². The van der Waals surface area contributed by atoms with Crippen molar-refractivity contribution in [2.75, 3.05) is 6.61 Å². The van der Waals surface area contributed by atoms with Gasteiger partial charge in [0.1, 0.15) is 5.75 Å². The van der Waals surface area contributed by atoms with Gasteiger partial charge in [0.25, 0.3) is 0 Å². The second-order valence-electron chi connectivity index (χ2n) is 4.74. The van der Waals surface area contributed by atoms with E-state index in [0.29, 0.717) is 12.4 Å². The molecule has 1 aliphatic carbocycles. The Hall–Kier alpha value is -1.16. The van der Waals surface area contributed by atoms with Gasteiger partial charge in [0.15, 0.2) is 11.6 Å². The highest BCUT2D eigenvalue weighted by Crippen LogP contribution is 2.30. The summed E-state index contributed by atoms with van der Waals surface area (Å²) in [7, 11) is 0. The van der Waals surface area contributed by atoms with E-state index in [1.54, 1.807) is 0 Å². The number of halogens is 2. The molecule has 94 valence electrons. The van der Waals surface area contributed by atoms with Gasteiger partial charge in [-0.2, -0.15) is 0 Å². The summed E-state index contributed by atoms with van der Waals surface area (Å²) in [4.78, 5) is 0. The fourth-order valence-corrected chi connectivity index (χ4v) is 2.27. The van der Waals surface area contributed by atoms with Crippen molar-refractivity contribution in [2.24, 2.45) is 5.73 Å². The third kappa shape index (κ3) is 3.16. The summed E-state index contributed by atoms with van der Waals surface area (Å²) in [6.07, 6.45) is 5.14. The molecule has 2 rings (SSSR count). The summed E-state index contributed by atoms with van der Waals surface area (Å²) in [5.74, 6) is -1.39. The minimum absolute atomic E-state index is 0.126. The fourth-order valence-electron chi connectivity index (χ4n) is 2.27. The topological polar surface area (TPSA) is 35.2 Å².